The Labute approximate surface area is 146 Å². The van der Waals surface area contributed by atoms with E-state index in [1.807, 2.05) is 12.1 Å². The van der Waals surface area contributed by atoms with Crippen molar-refractivity contribution in [2.75, 3.05) is 13.1 Å². The van der Waals surface area contributed by atoms with Gasteiger partial charge in [-0.1, -0.05) is 24.3 Å². The average Bonchev–Trinajstić information content (AvgIpc) is 3.35. The summed E-state index contributed by atoms with van der Waals surface area (Å²) in [7, 11) is 0. The normalized spacial score (nSPS) is 15.5. The lowest BCUT2D eigenvalue weighted by atomic mass is 9.98. The maximum Gasteiger partial charge on any atom is 0.287 e. The van der Waals surface area contributed by atoms with Gasteiger partial charge in [-0.2, -0.15) is 0 Å². The Morgan fingerprint density at radius 2 is 1.84 bits per heavy atom. The smallest absolute Gasteiger partial charge is 0.287 e. The molecule has 25 heavy (non-hydrogen) atoms. The van der Waals surface area contributed by atoms with Crippen molar-refractivity contribution in [3.63, 3.8) is 0 Å². The van der Waals surface area contributed by atoms with Gasteiger partial charge in [0.1, 0.15) is 5.76 Å². The summed E-state index contributed by atoms with van der Waals surface area (Å²) in [5, 5.41) is 2.96. The Kier molecular flexibility index (Phi) is 4.39. The molecule has 0 spiro atoms. The number of furan rings is 2. The molecule has 1 atom stereocenters. The zero-order valence-electron chi connectivity index (χ0n) is 13.9. The maximum atomic E-state index is 12.2. The van der Waals surface area contributed by atoms with Crippen LogP contribution in [-0.2, 0) is 13.0 Å². The molecular formula is C20H20N2O3. The van der Waals surface area contributed by atoms with Gasteiger partial charge >= 0.3 is 0 Å². The molecule has 1 aromatic carbocycles. The predicted molar refractivity (Wildman–Crippen MR) is 93.0 cm³/mol. The minimum Gasteiger partial charge on any atom is -0.468 e. The van der Waals surface area contributed by atoms with Crippen LogP contribution in [0.5, 0.6) is 0 Å². The quantitative estimate of drug-likeness (QED) is 0.776. The van der Waals surface area contributed by atoms with Crippen molar-refractivity contribution in [3.8, 4) is 0 Å². The first-order valence-corrected chi connectivity index (χ1v) is 8.47. The molecule has 0 fully saturated rings. The summed E-state index contributed by atoms with van der Waals surface area (Å²) >= 11 is 0. The highest BCUT2D eigenvalue weighted by atomic mass is 16.3. The monoisotopic (exact) mass is 336 g/mol. The summed E-state index contributed by atoms with van der Waals surface area (Å²) < 4.78 is 10.8. The number of amides is 1. The maximum absolute atomic E-state index is 12.2. The summed E-state index contributed by atoms with van der Waals surface area (Å²) in [6.07, 6.45) is 4.18. The van der Waals surface area contributed by atoms with Crippen LogP contribution in [0.15, 0.2) is 69.9 Å². The number of hydrogen-bond acceptors (Lipinski definition) is 4. The fourth-order valence-electron chi connectivity index (χ4n) is 3.36. The molecule has 1 aliphatic heterocycles. The molecule has 0 saturated heterocycles. The number of rotatable bonds is 5. The van der Waals surface area contributed by atoms with Gasteiger partial charge in [-0.05, 0) is 41.8 Å². The molecule has 0 bridgehead atoms. The fraction of sp³-hybridized carbons (Fsp3) is 0.250. The highest BCUT2D eigenvalue weighted by Crippen LogP contribution is 2.27. The van der Waals surface area contributed by atoms with Crippen LogP contribution in [0, 0.1) is 0 Å². The summed E-state index contributed by atoms with van der Waals surface area (Å²) in [4.78, 5) is 14.6. The van der Waals surface area contributed by atoms with Crippen LogP contribution >= 0.6 is 0 Å². The molecule has 4 rings (SSSR count). The van der Waals surface area contributed by atoms with Gasteiger partial charge < -0.3 is 14.2 Å². The third kappa shape index (κ3) is 3.37. The molecule has 1 aliphatic rings. The van der Waals surface area contributed by atoms with Gasteiger partial charge in [0.2, 0.25) is 0 Å². The van der Waals surface area contributed by atoms with Gasteiger partial charge in [-0.3, -0.25) is 9.69 Å². The molecule has 0 radical (unpaired) electrons. The second kappa shape index (κ2) is 6.99. The second-order valence-electron chi connectivity index (χ2n) is 6.21. The SMILES string of the molecule is O=C(NC[C@H](c1ccco1)N1CCc2ccccc2C1)c1ccco1. The lowest BCUT2D eigenvalue weighted by Crippen LogP contribution is -2.40. The van der Waals surface area contributed by atoms with E-state index in [0.29, 0.717) is 12.3 Å². The van der Waals surface area contributed by atoms with Crippen molar-refractivity contribution in [1.29, 1.82) is 0 Å². The Bertz CT molecular complexity index is 825. The van der Waals surface area contributed by atoms with Gasteiger partial charge in [-0.15, -0.1) is 0 Å². The van der Waals surface area contributed by atoms with Gasteiger partial charge in [0.25, 0.3) is 5.91 Å². The predicted octanol–water partition coefficient (Wildman–Crippen LogP) is 3.40. The van der Waals surface area contributed by atoms with E-state index < -0.39 is 0 Å². The van der Waals surface area contributed by atoms with Crippen molar-refractivity contribution in [1.82, 2.24) is 10.2 Å². The molecule has 0 unspecified atom stereocenters. The summed E-state index contributed by atoms with van der Waals surface area (Å²) in [6.45, 7) is 2.24. The molecule has 5 heteroatoms. The number of nitrogens with zero attached hydrogens (tertiary/aromatic N) is 1. The Balaban J connectivity index is 1.50. The van der Waals surface area contributed by atoms with Crippen LogP contribution < -0.4 is 5.32 Å². The van der Waals surface area contributed by atoms with Crippen LogP contribution in [-0.4, -0.2) is 23.9 Å². The lowest BCUT2D eigenvalue weighted by Gasteiger charge is -2.34. The van der Waals surface area contributed by atoms with Crippen molar-refractivity contribution in [2.45, 2.75) is 19.0 Å². The number of fused-ring (bicyclic) bond motifs is 1. The lowest BCUT2D eigenvalue weighted by molar-refractivity contribution is 0.0892. The molecule has 1 N–H and O–H groups in total. The number of carbonyl (C=O) groups excluding carboxylic acids is 1. The summed E-state index contributed by atoms with van der Waals surface area (Å²) in [5.41, 5.74) is 2.74. The molecular weight excluding hydrogens is 316 g/mol. The molecule has 128 valence electrons. The molecule has 5 nitrogen and oxygen atoms in total. The number of hydrogen-bond donors (Lipinski definition) is 1. The van der Waals surface area contributed by atoms with E-state index in [0.717, 1.165) is 25.3 Å². The van der Waals surface area contributed by atoms with E-state index in [2.05, 4.69) is 34.5 Å². The van der Waals surface area contributed by atoms with E-state index in [9.17, 15) is 4.79 Å². The largest absolute Gasteiger partial charge is 0.468 e. The third-order valence-electron chi connectivity index (χ3n) is 4.67. The standard InChI is InChI=1S/C20H20N2O3/c23-20(19-8-4-12-25-19)21-13-17(18-7-3-11-24-18)22-10-9-15-5-1-2-6-16(15)14-22/h1-8,11-12,17H,9-10,13-14H2,(H,21,23)/t17-/m1/s1. The van der Waals surface area contributed by atoms with Crippen LogP contribution in [0.25, 0.3) is 0 Å². The van der Waals surface area contributed by atoms with Crippen LogP contribution in [0.3, 0.4) is 0 Å². The summed E-state index contributed by atoms with van der Waals surface area (Å²) in [5.74, 6) is 0.972. The van der Waals surface area contributed by atoms with E-state index in [-0.39, 0.29) is 11.9 Å². The van der Waals surface area contributed by atoms with Crippen molar-refractivity contribution in [2.24, 2.45) is 0 Å². The topological polar surface area (TPSA) is 58.6 Å². The fourth-order valence-corrected chi connectivity index (χ4v) is 3.36. The Hall–Kier alpha value is -2.79. The van der Waals surface area contributed by atoms with Gasteiger partial charge in [0.05, 0.1) is 18.6 Å². The van der Waals surface area contributed by atoms with Crippen LogP contribution in [0.4, 0.5) is 0 Å². The van der Waals surface area contributed by atoms with Gasteiger partial charge in [0.15, 0.2) is 5.76 Å². The second-order valence-corrected chi connectivity index (χ2v) is 6.21. The minimum atomic E-state index is -0.209. The van der Waals surface area contributed by atoms with E-state index >= 15 is 0 Å². The van der Waals surface area contributed by atoms with Crippen molar-refractivity contribution >= 4 is 5.91 Å². The molecule has 3 aromatic rings. The van der Waals surface area contributed by atoms with E-state index in [1.54, 1.807) is 18.4 Å². The highest BCUT2D eigenvalue weighted by Gasteiger charge is 2.27. The highest BCUT2D eigenvalue weighted by molar-refractivity contribution is 5.91. The number of carbonyl (C=O) groups is 1. The molecule has 0 saturated carbocycles. The average molecular weight is 336 g/mol. The van der Waals surface area contributed by atoms with Crippen molar-refractivity contribution in [3.05, 3.63) is 83.7 Å². The van der Waals surface area contributed by atoms with Crippen LogP contribution in [0.2, 0.25) is 0 Å². The molecule has 2 aromatic heterocycles. The zero-order valence-corrected chi connectivity index (χ0v) is 13.9. The Morgan fingerprint density at radius 1 is 1.04 bits per heavy atom. The first-order chi connectivity index (χ1) is 12.3. The molecule has 0 aliphatic carbocycles. The first-order valence-electron chi connectivity index (χ1n) is 8.47. The van der Waals surface area contributed by atoms with Crippen molar-refractivity contribution < 1.29 is 13.6 Å². The summed E-state index contributed by atoms with van der Waals surface area (Å²) in [6, 6.07) is 15.7. The first kappa shape index (κ1) is 15.7. The Morgan fingerprint density at radius 3 is 2.60 bits per heavy atom. The van der Waals surface area contributed by atoms with Gasteiger partial charge in [-0.25, -0.2) is 0 Å². The van der Waals surface area contributed by atoms with E-state index in [1.165, 1.54) is 17.4 Å². The molecule has 3 heterocycles. The van der Waals surface area contributed by atoms with Crippen LogP contribution in [0.1, 0.15) is 33.5 Å². The van der Waals surface area contributed by atoms with Gasteiger partial charge in [0, 0.05) is 19.6 Å². The number of benzene rings is 1. The third-order valence-corrected chi connectivity index (χ3v) is 4.67. The minimum absolute atomic E-state index is 0.0118. The van der Waals surface area contributed by atoms with E-state index in [4.69, 9.17) is 8.83 Å². The zero-order chi connectivity index (χ0) is 17.1. The number of nitrogens with one attached hydrogen (secondary N) is 1. The molecule has 1 amide bonds.